The Morgan fingerprint density at radius 2 is 0.862 bits per heavy atom. The minimum absolute atomic E-state index is 0.0175. The second-order valence-corrected chi connectivity index (χ2v) is 11.4. The van der Waals surface area contributed by atoms with Crippen molar-refractivity contribution in [3.05, 3.63) is 0 Å². The van der Waals surface area contributed by atoms with Gasteiger partial charge in [-0.2, -0.15) is 0 Å². The molecule has 29 heavy (non-hydrogen) atoms. The average molecular weight is 470 g/mol. The molecule has 0 saturated heterocycles. The third kappa shape index (κ3) is 4.77. The summed E-state index contributed by atoms with van der Waals surface area (Å²) in [5.74, 6) is 8.18. The van der Waals surface area contributed by atoms with Crippen molar-refractivity contribution >= 4 is 16.3 Å². The molecule has 0 bridgehead atoms. The predicted molar refractivity (Wildman–Crippen MR) is 124 cm³/mol. The average Bonchev–Trinajstić information content (AvgIpc) is 2.79. The van der Waals surface area contributed by atoms with E-state index in [9.17, 15) is 5.11 Å². The minimum Gasteiger partial charge on any atom is -0.393 e. The fourth-order valence-corrected chi connectivity index (χ4v) is 9.39. The summed E-state index contributed by atoms with van der Waals surface area (Å²) in [4.78, 5) is 0. The van der Waals surface area contributed by atoms with E-state index in [0.29, 0.717) is 0 Å². The Morgan fingerprint density at radius 1 is 0.448 bits per heavy atom. The van der Waals surface area contributed by atoms with Crippen LogP contribution >= 0.6 is 16.3 Å². The molecule has 5 saturated carbocycles. The molecule has 6 unspecified atom stereocenters. The van der Waals surface area contributed by atoms with E-state index in [1.54, 1.807) is 25.7 Å². The summed E-state index contributed by atoms with van der Waals surface area (Å²) in [6, 6.07) is 0. The second-order valence-electron chi connectivity index (χ2n) is 11.4. The molecule has 5 fully saturated rings. The molecule has 0 aliphatic heterocycles. The fourth-order valence-electron chi connectivity index (χ4n) is 9.39. The van der Waals surface area contributed by atoms with E-state index in [4.69, 9.17) is 4.20 Å². The van der Waals surface area contributed by atoms with Gasteiger partial charge in [-0.15, -0.1) is 0 Å². The zero-order valence-electron chi connectivity index (χ0n) is 18.5. The maximum Gasteiger partial charge on any atom is 0.0957 e. The van der Waals surface area contributed by atoms with E-state index >= 15 is 0 Å². The van der Waals surface area contributed by atoms with E-state index in [1.165, 1.54) is 70.6 Å². The van der Waals surface area contributed by atoms with Crippen LogP contribution in [0.1, 0.15) is 109 Å². The topological polar surface area (TPSA) is 40.5 Å². The summed E-state index contributed by atoms with van der Waals surface area (Å²) in [6.07, 6.45) is 24.9. The number of hydrogen-bond acceptors (Lipinski definition) is 2. The van der Waals surface area contributed by atoms with E-state index in [0.717, 1.165) is 60.2 Å². The quantitative estimate of drug-likeness (QED) is 0.447. The normalized spacial score (nSPS) is 46.0. The van der Waals surface area contributed by atoms with Crippen molar-refractivity contribution in [2.75, 3.05) is 0 Å². The number of hydrogen-bond donors (Lipinski definition) is 2. The maximum absolute atomic E-state index is 10.5. The van der Waals surface area contributed by atoms with Gasteiger partial charge in [-0.25, -0.2) is 0 Å². The highest BCUT2D eigenvalue weighted by Crippen LogP contribution is 2.62. The molecule has 3 heteroatoms. The zero-order chi connectivity index (χ0) is 20.2. The third-order valence-electron chi connectivity index (χ3n) is 10.2. The standard InChI is InChI=1S/C26H44O.BrHO/c27-20-12-8-11-19(17-20)26-23-15-6-4-13-21(23)25(18-9-2-1-3-10-18)22-14-5-7-16-24(22)26;1-2/h18-27H,1-17H2;2H. The monoisotopic (exact) mass is 468 g/mol. The first-order valence-corrected chi connectivity index (χ1v) is 13.9. The SMILES string of the molecule is OBr.OC1CCCC(C2C3CCCCC3C(C3CCCCC3)C3CCCCC32)C1. The summed E-state index contributed by atoms with van der Waals surface area (Å²) >= 11 is 1.94. The molecule has 0 aromatic carbocycles. The van der Waals surface area contributed by atoms with Crippen LogP contribution in [0.2, 0.25) is 0 Å². The summed E-state index contributed by atoms with van der Waals surface area (Å²) in [5.41, 5.74) is 0. The van der Waals surface area contributed by atoms with Crippen LogP contribution < -0.4 is 0 Å². The molecule has 168 valence electrons. The van der Waals surface area contributed by atoms with Crippen molar-refractivity contribution in [2.24, 2.45) is 47.3 Å². The van der Waals surface area contributed by atoms with Crippen LogP contribution in [0.25, 0.3) is 0 Å². The fraction of sp³-hybridized carbons (Fsp3) is 1.00. The van der Waals surface area contributed by atoms with Gasteiger partial charge in [-0.05, 0) is 92.3 Å². The van der Waals surface area contributed by atoms with Gasteiger partial charge in [-0.1, -0.05) is 64.2 Å². The molecule has 0 heterocycles. The highest BCUT2D eigenvalue weighted by Gasteiger charge is 2.54. The maximum atomic E-state index is 10.5. The molecule has 2 N–H and O–H groups in total. The van der Waals surface area contributed by atoms with Crippen molar-refractivity contribution in [1.82, 2.24) is 0 Å². The zero-order valence-corrected chi connectivity index (χ0v) is 20.1. The Bertz CT molecular complexity index is 467. The number of fused-ring (bicyclic) bond motifs is 2. The van der Waals surface area contributed by atoms with Gasteiger partial charge in [0.05, 0.1) is 22.4 Å². The van der Waals surface area contributed by atoms with Crippen LogP contribution in [-0.2, 0) is 0 Å². The highest BCUT2D eigenvalue weighted by atomic mass is 79.9. The first-order chi connectivity index (χ1) is 14.3. The lowest BCUT2D eigenvalue weighted by atomic mass is 9.45. The lowest BCUT2D eigenvalue weighted by Crippen LogP contribution is -2.53. The van der Waals surface area contributed by atoms with Crippen LogP contribution in [-0.4, -0.2) is 15.4 Å². The number of rotatable bonds is 2. The minimum atomic E-state index is 0.0175. The Hall–Kier alpha value is 0.400. The van der Waals surface area contributed by atoms with Crippen molar-refractivity contribution in [3.63, 3.8) is 0 Å². The van der Waals surface area contributed by atoms with Gasteiger partial charge in [0.25, 0.3) is 0 Å². The van der Waals surface area contributed by atoms with Gasteiger partial charge in [0.2, 0.25) is 0 Å². The second kappa shape index (κ2) is 10.8. The molecule has 5 aliphatic carbocycles. The van der Waals surface area contributed by atoms with Crippen LogP contribution in [0, 0.1) is 47.3 Å². The van der Waals surface area contributed by atoms with Crippen molar-refractivity contribution in [3.8, 4) is 0 Å². The van der Waals surface area contributed by atoms with Crippen LogP contribution in [0.15, 0.2) is 0 Å². The van der Waals surface area contributed by atoms with Gasteiger partial charge >= 0.3 is 0 Å². The van der Waals surface area contributed by atoms with E-state index < -0.39 is 0 Å². The Morgan fingerprint density at radius 3 is 1.34 bits per heavy atom. The van der Waals surface area contributed by atoms with Crippen LogP contribution in [0.5, 0.6) is 0 Å². The molecule has 0 aromatic heterocycles. The van der Waals surface area contributed by atoms with Crippen molar-refractivity contribution in [1.29, 1.82) is 0 Å². The van der Waals surface area contributed by atoms with Crippen molar-refractivity contribution in [2.45, 2.75) is 115 Å². The summed E-state index contributed by atoms with van der Waals surface area (Å²) in [6.45, 7) is 0. The van der Waals surface area contributed by atoms with E-state index in [2.05, 4.69) is 0 Å². The first-order valence-electron chi connectivity index (χ1n) is 13.2. The number of aliphatic hydroxyl groups excluding tert-OH is 1. The highest BCUT2D eigenvalue weighted by molar-refractivity contribution is 9.05. The van der Waals surface area contributed by atoms with Crippen molar-refractivity contribution < 1.29 is 9.30 Å². The third-order valence-corrected chi connectivity index (χ3v) is 10.2. The molecule has 0 aromatic rings. The van der Waals surface area contributed by atoms with Crippen LogP contribution in [0.4, 0.5) is 0 Å². The van der Waals surface area contributed by atoms with Gasteiger partial charge in [0.1, 0.15) is 0 Å². The van der Waals surface area contributed by atoms with Gasteiger partial charge in [0, 0.05) is 0 Å². The van der Waals surface area contributed by atoms with Crippen LogP contribution in [0.3, 0.4) is 0 Å². The Balaban J connectivity index is 0.000000994. The number of aliphatic hydroxyl groups is 1. The summed E-state index contributed by atoms with van der Waals surface area (Å²) in [5, 5.41) is 10.5. The molecule has 0 radical (unpaired) electrons. The van der Waals surface area contributed by atoms with Gasteiger partial charge < -0.3 is 9.30 Å². The smallest absolute Gasteiger partial charge is 0.0957 e. The summed E-state index contributed by atoms with van der Waals surface area (Å²) in [7, 11) is 0. The largest absolute Gasteiger partial charge is 0.393 e. The molecule has 6 atom stereocenters. The Labute approximate surface area is 188 Å². The predicted octanol–water partition coefficient (Wildman–Crippen LogP) is 7.27. The lowest BCUT2D eigenvalue weighted by Gasteiger charge is -2.60. The molecule has 2 nitrogen and oxygen atoms in total. The molecule has 5 aliphatic rings. The number of halogens is 1. The molecular formula is C26H45BrO2. The molecular weight excluding hydrogens is 424 g/mol. The van der Waals surface area contributed by atoms with Gasteiger partial charge in [-0.3, -0.25) is 0 Å². The molecule has 0 spiro atoms. The summed E-state index contributed by atoms with van der Waals surface area (Å²) < 4.78 is 6.81. The molecule has 5 rings (SSSR count). The lowest BCUT2D eigenvalue weighted by molar-refractivity contribution is -0.117. The molecule has 0 amide bonds. The van der Waals surface area contributed by atoms with E-state index in [-0.39, 0.29) is 6.10 Å². The van der Waals surface area contributed by atoms with Gasteiger partial charge in [0.15, 0.2) is 0 Å². The van der Waals surface area contributed by atoms with E-state index in [1.807, 2.05) is 16.3 Å². The Kier molecular flexibility index (Phi) is 8.42. The first kappa shape index (κ1) is 22.6.